The average Bonchev–Trinajstić information content (AvgIpc) is 3.29. The molecule has 3 aromatic heterocycles. The van der Waals surface area contributed by atoms with Crippen molar-refractivity contribution in [1.29, 1.82) is 0 Å². The SMILES string of the molecule is Cc1onc(-c2ccc(Cl)cc2Cl)c1C(=O)Nc1nc(-c2ccccn2)cs1. The lowest BCUT2D eigenvalue weighted by Crippen LogP contribution is -2.13. The van der Waals surface area contributed by atoms with Crippen molar-refractivity contribution in [2.24, 2.45) is 0 Å². The van der Waals surface area contributed by atoms with Crippen LogP contribution in [-0.2, 0) is 0 Å². The third-order valence-corrected chi connectivity index (χ3v) is 5.23. The summed E-state index contributed by atoms with van der Waals surface area (Å²) in [6.07, 6.45) is 1.69. The number of hydrogen-bond acceptors (Lipinski definition) is 6. The summed E-state index contributed by atoms with van der Waals surface area (Å²) in [6, 6.07) is 10.5. The summed E-state index contributed by atoms with van der Waals surface area (Å²) in [7, 11) is 0. The number of anilines is 1. The zero-order valence-electron chi connectivity index (χ0n) is 14.4. The zero-order chi connectivity index (χ0) is 19.7. The first-order valence-electron chi connectivity index (χ1n) is 8.13. The maximum atomic E-state index is 12.9. The second-order valence-corrected chi connectivity index (χ2v) is 7.50. The minimum atomic E-state index is -0.387. The van der Waals surface area contributed by atoms with Gasteiger partial charge in [-0.05, 0) is 37.3 Å². The first-order valence-corrected chi connectivity index (χ1v) is 9.76. The average molecular weight is 431 g/mol. The van der Waals surface area contributed by atoms with E-state index in [1.807, 2.05) is 23.6 Å². The van der Waals surface area contributed by atoms with E-state index in [1.54, 1.807) is 31.3 Å². The zero-order valence-corrected chi connectivity index (χ0v) is 16.8. The van der Waals surface area contributed by atoms with Gasteiger partial charge < -0.3 is 4.52 Å². The Morgan fingerprint density at radius 2 is 2.04 bits per heavy atom. The number of carbonyl (C=O) groups excluding carboxylic acids is 1. The molecular weight excluding hydrogens is 419 g/mol. The van der Waals surface area contributed by atoms with Crippen molar-refractivity contribution in [3.8, 4) is 22.6 Å². The van der Waals surface area contributed by atoms with Gasteiger partial charge in [0.2, 0.25) is 0 Å². The number of pyridine rings is 1. The number of aryl methyl sites for hydroxylation is 1. The molecule has 0 bridgehead atoms. The van der Waals surface area contributed by atoms with Gasteiger partial charge in [0, 0.05) is 22.2 Å². The van der Waals surface area contributed by atoms with Crippen LogP contribution in [0.1, 0.15) is 16.1 Å². The van der Waals surface area contributed by atoms with Gasteiger partial charge in [-0.1, -0.05) is 34.4 Å². The van der Waals surface area contributed by atoms with E-state index in [2.05, 4.69) is 20.4 Å². The lowest BCUT2D eigenvalue weighted by atomic mass is 10.1. The van der Waals surface area contributed by atoms with Crippen LogP contribution in [0.25, 0.3) is 22.6 Å². The van der Waals surface area contributed by atoms with E-state index in [9.17, 15) is 4.79 Å². The van der Waals surface area contributed by atoms with Gasteiger partial charge >= 0.3 is 0 Å². The van der Waals surface area contributed by atoms with Crippen molar-refractivity contribution >= 4 is 45.6 Å². The summed E-state index contributed by atoms with van der Waals surface area (Å²) in [6.45, 7) is 1.66. The Hall–Kier alpha value is -2.74. The Morgan fingerprint density at radius 1 is 1.18 bits per heavy atom. The summed E-state index contributed by atoms with van der Waals surface area (Å²) in [5.74, 6) is -0.0123. The van der Waals surface area contributed by atoms with Crippen LogP contribution in [0, 0.1) is 6.92 Å². The molecule has 0 aliphatic carbocycles. The van der Waals surface area contributed by atoms with Gasteiger partial charge in [-0.15, -0.1) is 11.3 Å². The number of halogens is 2. The first kappa shape index (κ1) is 18.6. The molecule has 9 heteroatoms. The number of thiazole rings is 1. The molecule has 1 amide bonds. The Kier molecular flexibility index (Phi) is 5.13. The predicted molar refractivity (Wildman–Crippen MR) is 110 cm³/mol. The molecule has 0 radical (unpaired) electrons. The first-order chi connectivity index (χ1) is 13.5. The van der Waals surface area contributed by atoms with Gasteiger partial charge in [0.1, 0.15) is 22.7 Å². The second kappa shape index (κ2) is 7.71. The minimum absolute atomic E-state index is 0.291. The van der Waals surface area contributed by atoms with E-state index in [0.29, 0.717) is 43.5 Å². The Labute approximate surface area is 174 Å². The highest BCUT2D eigenvalue weighted by molar-refractivity contribution is 7.14. The number of benzene rings is 1. The fourth-order valence-electron chi connectivity index (χ4n) is 2.63. The number of hydrogen-bond donors (Lipinski definition) is 1. The lowest BCUT2D eigenvalue weighted by molar-refractivity contribution is 0.102. The molecule has 6 nitrogen and oxygen atoms in total. The van der Waals surface area contributed by atoms with Crippen molar-refractivity contribution in [3.05, 3.63) is 69.3 Å². The molecule has 3 heterocycles. The van der Waals surface area contributed by atoms with E-state index in [4.69, 9.17) is 27.7 Å². The fourth-order valence-corrected chi connectivity index (χ4v) is 3.82. The molecule has 0 aliphatic heterocycles. The standard InChI is InChI=1S/C19H12Cl2N4O2S/c1-10-16(17(25-27-10)12-6-5-11(20)8-13(12)21)18(26)24-19-23-15(9-28-19)14-4-2-3-7-22-14/h2-9H,1H3,(H,23,24,26). The second-order valence-electron chi connectivity index (χ2n) is 5.79. The van der Waals surface area contributed by atoms with Gasteiger partial charge in [-0.2, -0.15) is 0 Å². The fraction of sp³-hybridized carbons (Fsp3) is 0.0526. The molecule has 0 saturated heterocycles. The van der Waals surface area contributed by atoms with E-state index in [-0.39, 0.29) is 5.91 Å². The molecule has 0 aliphatic rings. The Balaban J connectivity index is 1.63. The van der Waals surface area contributed by atoms with Crippen molar-refractivity contribution in [1.82, 2.24) is 15.1 Å². The van der Waals surface area contributed by atoms with Crippen LogP contribution in [0.2, 0.25) is 10.0 Å². The molecule has 1 aromatic carbocycles. The molecule has 28 heavy (non-hydrogen) atoms. The van der Waals surface area contributed by atoms with Gasteiger partial charge in [-0.3, -0.25) is 15.1 Å². The molecule has 0 fully saturated rings. The highest BCUT2D eigenvalue weighted by atomic mass is 35.5. The van der Waals surface area contributed by atoms with Gasteiger partial charge in [0.15, 0.2) is 5.13 Å². The number of nitrogens with zero attached hydrogens (tertiary/aromatic N) is 3. The molecular formula is C19H12Cl2N4O2S. The summed E-state index contributed by atoms with van der Waals surface area (Å²) in [4.78, 5) is 21.6. The molecule has 140 valence electrons. The largest absolute Gasteiger partial charge is 0.360 e. The molecule has 4 rings (SSSR count). The van der Waals surface area contributed by atoms with Crippen molar-refractivity contribution in [2.45, 2.75) is 6.92 Å². The number of nitrogens with one attached hydrogen (secondary N) is 1. The smallest absolute Gasteiger partial charge is 0.263 e. The highest BCUT2D eigenvalue weighted by Crippen LogP contribution is 2.33. The normalized spacial score (nSPS) is 10.8. The highest BCUT2D eigenvalue weighted by Gasteiger charge is 2.24. The van der Waals surface area contributed by atoms with Crippen LogP contribution in [0.15, 0.2) is 52.5 Å². The quantitative estimate of drug-likeness (QED) is 0.447. The van der Waals surface area contributed by atoms with Gasteiger partial charge in [0.05, 0.1) is 10.7 Å². The van der Waals surface area contributed by atoms with E-state index in [1.165, 1.54) is 11.3 Å². The monoisotopic (exact) mass is 430 g/mol. The number of carbonyl (C=O) groups is 1. The molecule has 0 unspecified atom stereocenters. The molecule has 0 saturated carbocycles. The van der Waals surface area contributed by atoms with Gasteiger partial charge in [0.25, 0.3) is 5.91 Å². The van der Waals surface area contributed by atoms with Crippen LogP contribution in [-0.4, -0.2) is 21.0 Å². The molecule has 4 aromatic rings. The van der Waals surface area contributed by atoms with E-state index < -0.39 is 0 Å². The summed E-state index contributed by atoms with van der Waals surface area (Å²) in [5.41, 5.74) is 2.61. The third-order valence-electron chi connectivity index (χ3n) is 3.93. The van der Waals surface area contributed by atoms with Crippen LogP contribution in [0.4, 0.5) is 5.13 Å². The Morgan fingerprint density at radius 3 is 2.79 bits per heavy atom. The summed E-state index contributed by atoms with van der Waals surface area (Å²) < 4.78 is 5.24. The third kappa shape index (κ3) is 3.64. The minimum Gasteiger partial charge on any atom is -0.360 e. The van der Waals surface area contributed by atoms with Crippen molar-refractivity contribution < 1.29 is 9.32 Å². The van der Waals surface area contributed by atoms with Crippen molar-refractivity contribution in [3.63, 3.8) is 0 Å². The van der Waals surface area contributed by atoms with Crippen molar-refractivity contribution in [2.75, 3.05) is 5.32 Å². The summed E-state index contributed by atoms with van der Waals surface area (Å²) >= 11 is 13.5. The number of aromatic nitrogens is 3. The Bertz CT molecular complexity index is 1160. The van der Waals surface area contributed by atoms with Crippen LogP contribution in [0.3, 0.4) is 0 Å². The van der Waals surface area contributed by atoms with Gasteiger partial charge in [-0.25, -0.2) is 4.98 Å². The van der Waals surface area contributed by atoms with E-state index in [0.717, 1.165) is 5.69 Å². The maximum Gasteiger partial charge on any atom is 0.263 e. The lowest BCUT2D eigenvalue weighted by Gasteiger charge is -2.05. The number of amides is 1. The van der Waals surface area contributed by atoms with E-state index >= 15 is 0 Å². The number of rotatable bonds is 4. The topological polar surface area (TPSA) is 80.9 Å². The molecule has 0 atom stereocenters. The van der Waals surface area contributed by atoms with Crippen LogP contribution >= 0.6 is 34.5 Å². The summed E-state index contributed by atoms with van der Waals surface area (Å²) in [5, 5.41) is 9.93. The maximum absolute atomic E-state index is 12.9. The predicted octanol–water partition coefficient (Wildman–Crippen LogP) is 5.73. The molecule has 0 spiro atoms. The molecule has 1 N–H and O–H groups in total. The van der Waals surface area contributed by atoms with Crippen LogP contribution < -0.4 is 5.32 Å². The van der Waals surface area contributed by atoms with Crippen LogP contribution in [0.5, 0.6) is 0 Å².